The van der Waals surface area contributed by atoms with Crippen molar-refractivity contribution in [3.05, 3.63) is 33.3 Å². The van der Waals surface area contributed by atoms with Gasteiger partial charge in [-0.25, -0.2) is 0 Å². The molecule has 0 aliphatic carbocycles. The van der Waals surface area contributed by atoms with Crippen LogP contribution in [-0.4, -0.2) is 32.0 Å². The average Bonchev–Trinajstić information content (AvgIpc) is 2.39. The minimum absolute atomic E-state index is 0.209. The molecule has 0 unspecified atom stereocenters. The Morgan fingerprint density at radius 3 is 2.53 bits per heavy atom. The number of rotatable bonds is 7. The molecule has 0 heterocycles. The first-order chi connectivity index (χ1) is 9.08. The second-order valence-electron chi connectivity index (χ2n) is 3.68. The quantitative estimate of drug-likeness (QED) is 0.768. The molecular formula is C13H17BrClNO3. The maximum absolute atomic E-state index is 11.9. The molecule has 0 radical (unpaired) electrons. The van der Waals surface area contributed by atoms with Crippen LogP contribution in [0.2, 0.25) is 5.02 Å². The highest BCUT2D eigenvalue weighted by Crippen LogP contribution is 2.23. The molecule has 0 fully saturated rings. The van der Waals surface area contributed by atoms with Crippen LogP contribution >= 0.6 is 27.5 Å². The van der Waals surface area contributed by atoms with Gasteiger partial charge in [-0.2, -0.15) is 0 Å². The Balaban J connectivity index is 2.56. The van der Waals surface area contributed by atoms with Gasteiger partial charge in [0, 0.05) is 23.2 Å². The fourth-order valence-corrected chi connectivity index (χ4v) is 1.88. The highest BCUT2D eigenvalue weighted by Gasteiger charge is 2.12. The van der Waals surface area contributed by atoms with E-state index in [0.29, 0.717) is 30.3 Å². The van der Waals surface area contributed by atoms with Crippen molar-refractivity contribution in [2.45, 2.75) is 20.1 Å². The number of carbonyl (C=O) groups excluding carboxylic acids is 1. The van der Waals surface area contributed by atoms with E-state index in [-0.39, 0.29) is 5.91 Å². The van der Waals surface area contributed by atoms with Crippen LogP contribution < -0.4 is 5.32 Å². The molecule has 1 amide bonds. The van der Waals surface area contributed by atoms with Gasteiger partial charge >= 0.3 is 0 Å². The number of carbonyl (C=O) groups is 1. The van der Waals surface area contributed by atoms with Gasteiger partial charge in [0.25, 0.3) is 5.91 Å². The molecule has 0 aliphatic heterocycles. The highest BCUT2D eigenvalue weighted by atomic mass is 79.9. The first kappa shape index (κ1) is 16.4. The summed E-state index contributed by atoms with van der Waals surface area (Å²) >= 11 is 9.22. The lowest BCUT2D eigenvalue weighted by Gasteiger charge is -2.17. The van der Waals surface area contributed by atoms with Gasteiger partial charge in [0.05, 0.1) is 11.6 Å². The van der Waals surface area contributed by atoms with Crippen LogP contribution in [0.4, 0.5) is 0 Å². The zero-order valence-electron chi connectivity index (χ0n) is 10.9. The van der Waals surface area contributed by atoms with E-state index in [1.54, 1.807) is 18.2 Å². The summed E-state index contributed by atoms with van der Waals surface area (Å²) in [7, 11) is 0. The van der Waals surface area contributed by atoms with Crippen molar-refractivity contribution in [3.8, 4) is 0 Å². The number of hydrogen-bond donors (Lipinski definition) is 1. The third-order valence-corrected chi connectivity index (χ3v) is 3.55. The fraction of sp³-hybridized carbons (Fsp3) is 0.462. The zero-order chi connectivity index (χ0) is 14.3. The van der Waals surface area contributed by atoms with Gasteiger partial charge in [0.1, 0.15) is 0 Å². The molecular weight excluding hydrogens is 334 g/mol. The maximum atomic E-state index is 11.9. The van der Waals surface area contributed by atoms with E-state index >= 15 is 0 Å². The summed E-state index contributed by atoms with van der Waals surface area (Å²) in [5.74, 6) is -0.209. The van der Waals surface area contributed by atoms with Crippen molar-refractivity contribution in [2.24, 2.45) is 0 Å². The van der Waals surface area contributed by atoms with Gasteiger partial charge in [0.15, 0.2) is 6.29 Å². The minimum atomic E-state index is -0.426. The lowest BCUT2D eigenvalue weighted by molar-refractivity contribution is -0.131. The first-order valence-electron chi connectivity index (χ1n) is 6.04. The summed E-state index contributed by atoms with van der Waals surface area (Å²) < 4.78 is 11.4. The number of hydrogen-bond acceptors (Lipinski definition) is 3. The fourth-order valence-electron chi connectivity index (χ4n) is 1.45. The molecule has 0 aromatic heterocycles. The molecule has 106 valence electrons. The first-order valence-corrected chi connectivity index (χ1v) is 7.22. The third-order valence-electron chi connectivity index (χ3n) is 2.32. The Hall–Kier alpha value is -0.620. The predicted molar refractivity (Wildman–Crippen MR) is 78.5 cm³/mol. The van der Waals surface area contributed by atoms with E-state index in [0.717, 1.165) is 4.47 Å². The van der Waals surface area contributed by atoms with Crippen LogP contribution in [-0.2, 0) is 9.47 Å². The van der Waals surface area contributed by atoms with Crippen LogP contribution in [0.1, 0.15) is 24.2 Å². The number of benzene rings is 1. The van der Waals surface area contributed by atoms with Gasteiger partial charge in [0.2, 0.25) is 0 Å². The molecule has 0 spiro atoms. The Labute approximate surface area is 126 Å². The molecule has 1 rings (SSSR count). The highest BCUT2D eigenvalue weighted by molar-refractivity contribution is 9.10. The van der Waals surface area contributed by atoms with Gasteiger partial charge in [-0.3, -0.25) is 4.79 Å². The van der Waals surface area contributed by atoms with Gasteiger partial charge in [-0.15, -0.1) is 0 Å². The largest absolute Gasteiger partial charge is 0.351 e. The summed E-state index contributed by atoms with van der Waals surface area (Å²) in [4.78, 5) is 11.9. The van der Waals surface area contributed by atoms with Crippen molar-refractivity contribution < 1.29 is 14.3 Å². The predicted octanol–water partition coefficient (Wildman–Crippen LogP) is 3.23. The monoisotopic (exact) mass is 349 g/mol. The lowest BCUT2D eigenvalue weighted by atomic mass is 10.2. The van der Waals surface area contributed by atoms with E-state index in [2.05, 4.69) is 21.2 Å². The molecule has 4 nitrogen and oxygen atoms in total. The molecule has 1 aromatic rings. The Morgan fingerprint density at radius 1 is 1.37 bits per heavy atom. The molecule has 0 aliphatic rings. The minimum Gasteiger partial charge on any atom is -0.351 e. The van der Waals surface area contributed by atoms with Crippen molar-refractivity contribution in [1.29, 1.82) is 0 Å². The smallest absolute Gasteiger partial charge is 0.251 e. The molecule has 6 heteroatoms. The van der Waals surface area contributed by atoms with Crippen molar-refractivity contribution >= 4 is 33.4 Å². The maximum Gasteiger partial charge on any atom is 0.251 e. The van der Waals surface area contributed by atoms with Crippen molar-refractivity contribution in [2.75, 3.05) is 19.8 Å². The SMILES string of the molecule is CCOC(CNC(=O)c1ccc(Br)c(Cl)c1)OCC. The summed E-state index contributed by atoms with van der Waals surface area (Å²) in [5.41, 5.74) is 0.500. The van der Waals surface area contributed by atoms with E-state index in [4.69, 9.17) is 21.1 Å². The number of ether oxygens (including phenoxy) is 2. The lowest BCUT2D eigenvalue weighted by Crippen LogP contribution is -2.35. The van der Waals surface area contributed by atoms with E-state index in [1.807, 2.05) is 13.8 Å². The molecule has 0 saturated carbocycles. The molecule has 0 saturated heterocycles. The van der Waals surface area contributed by atoms with Crippen LogP contribution in [0.3, 0.4) is 0 Å². The van der Waals surface area contributed by atoms with Crippen LogP contribution in [0.25, 0.3) is 0 Å². The number of halogens is 2. The Morgan fingerprint density at radius 2 is 2.00 bits per heavy atom. The molecule has 1 aromatic carbocycles. The Bertz CT molecular complexity index is 422. The summed E-state index contributed by atoms with van der Waals surface area (Å²) in [6, 6.07) is 5.04. The number of nitrogens with one attached hydrogen (secondary N) is 1. The van der Waals surface area contributed by atoms with Crippen LogP contribution in [0.15, 0.2) is 22.7 Å². The normalized spacial score (nSPS) is 10.8. The third kappa shape index (κ3) is 5.48. The molecule has 0 bridgehead atoms. The molecule has 19 heavy (non-hydrogen) atoms. The van der Waals surface area contributed by atoms with Gasteiger partial charge < -0.3 is 14.8 Å². The van der Waals surface area contributed by atoms with Crippen LogP contribution in [0, 0.1) is 0 Å². The molecule has 0 atom stereocenters. The van der Waals surface area contributed by atoms with E-state index in [1.165, 1.54) is 0 Å². The van der Waals surface area contributed by atoms with Crippen molar-refractivity contribution in [3.63, 3.8) is 0 Å². The number of amides is 1. The second-order valence-corrected chi connectivity index (χ2v) is 4.94. The van der Waals surface area contributed by atoms with Gasteiger partial charge in [-0.1, -0.05) is 11.6 Å². The topological polar surface area (TPSA) is 47.6 Å². The summed E-state index contributed by atoms with van der Waals surface area (Å²) in [5, 5.41) is 3.25. The summed E-state index contributed by atoms with van der Waals surface area (Å²) in [6.07, 6.45) is -0.426. The van der Waals surface area contributed by atoms with Crippen molar-refractivity contribution in [1.82, 2.24) is 5.32 Å². The summed E-state index contributed by atoms with van der Waals surface area (Å²) in [6.45, 7) is 5.12. The Kier molecular flexibility index (Phi) is 7.38. The second kappa shape index (κ2) is 8.53. The van der Waals surface area contributed by atoms with Gasteiger partial charge in [-0.05, 0) is 48.0 Å². The van der Waals surface area contributed by atoms with E-state index in [9.17, 15) is 4.79 Å². The zero-order valence-corrected chi connectivity index (χ0v) is 13.3. The van der Waals surface area contributed by atoms with Crippen LogP contribution in [0.5, 0.6) is 0 Å². The average molecular weight is 351 g/mol. The van der Waals surface area contributed by atoms with E-state index < -0.39 is 6.29 Å². The standard InChI is InChI=1S/C13H17BrClNO3/c1-3-18-12(19-4-2)8-16-13(17)9-5-6-10(14)11(15)7-9/h5-7,12H,3-4,8H2,1-2H3,(H,16,17). The molecule has 1 N–H and O–H groups in total.